The van der Waals surface area contributed by atoms with E-state index in [9.17, 15) is 4.79 Å². The van der Waals surface area contributed by atoms with Crippen LogP contribution in [0.25, 0.3) is 0 Å². The van der Waals surface area contributed by atoms with Gasteiger partial charge in [0, 0.05) is 32.2 Å². The summed E-state index contributed by atoms with van der Waals surface area (Å²) in [5, 5.41) is 6.69. The summed E-state index contributed by atoms with van der Waals surface area (Å²) in [6, 6.07) is 17.2. The number of hydrogen-bond acceptors (Lipinski definition) is 3. The molecule has 144 valence electrons. The molecule has 1 saturated heterocycles. The van der Waals surface area contributed by atoms with Crippen molar-refractivity contribution in [3.8, 4) is 0 Å². The Morgan fingerprint density at radius 3 is 2.67 bits per heavy atom. The summed E-state index contributed by atoms with van der Waals surface area (Å²) in [5.41, 5.74) is 5.19. The molecule has 2 aromatic carbocycles. The third-order valence-electron chi connectivity index (χ3n) is 5.37. The van der Waals surface area contributed by atoms with Gasteiger partial charge in [-0.05, 0) is 43.9 Å². The molecule has 1 fully saturated rings. The SMILES string of the molecule is CCNC(=O)[C@@H]1C[C@H](NCc2cc(C)ccc2C)CN1Cc1ccccc1. The van der Waals surface area contributed by atoms with Crippen molar-refractivity contribution in [1.29, 1.82) is 0 Å². The first-order valence-electron chi connectivity index (χ1n) is 9.92. The quantitative estimate of drug-likeness (QED) is 0.792. The van der Waals surface area contributed by atoms with Crippen LogP contribution in [0.4, 0.5) is 0 Å². The largest absolute Gasteiger partial charge is 0.355 e. The summed E-state index contributed by atoms with van der Waals surface area (Å²) in [7, 11) is 0. The first-order chi connectivity index (χ1) is 13.1. The minimum atomic E-state index is -0.0683. The average molecular weight is 366 g/mol. The molecule has 3 rings (SSSR count). The molecule has 1 heterocycles. The summed E-state index contributed by atoms with van der Waals surface area (Å²) < 4.78 is 0. The van der Waals surface area contributed by atoms with Gasteiger partial charge in [-0.2, -0.15) is 0 Å². The normalized spacial score (nSPS) is 20.0. The molecular formula is C23H31N3O. The van der Waals surface area contributed by atoms with Crippen LogP contribution in [0.1, 0.15) is 35.6 Å². The molecule has 0 aromatic heterocycles. The van der Waals surface area contributed by atoms with Crippen LogP contribution < -0.4 is 10.6 Å². The number of aryl methyl sites for hydroxylation is 2. The molecule has 0 unspecified atom stereocenters. The van der Waals surface area contributed by atoms with Crippen molar-refractivity contribution in [2.24, 2.45) is 0 Å². The highest BCUT2D eigenvalue weighted by atomic mass is 16.2. The van der Waals surface area contributed by atoms with E-state index in [1.807, 2.05) is 13.0 Å². The molecule has 27 heavy (non-hydrogen) atoms. The van der Waals surface area contributed by atoms with Crippen LogP contribution in [0.2, 0.25) is 0 Å². The van der Waals surface area contributed by atoms with Crippen LogP contribution >= 0.6 is 0 Å². The number of nitrogens with zero attached hydrogens (tertiary/aromatic N) is 1. The van der Waals surface area contributed by atoms with Gasteiger partial charge in [0.05, 0.1) is 6.04 Å². The van der Waals surface area contributed by atoms with Crippen molar-refractivity contribution < 1.29 is 4.79 Å². The molecule has 0 saturated carbocycles. The second kappa shape index (κ2) is 9.16. The van der Waals surface area contributed by atoms with Crippen LogP contribution in [0, 0.1) is 13.8 Å². The van der Waals surface area contributed by atoms with Gasteiger partial charge in [0.1, 0.15) is 0 Å². The minimum absolute atomic E-state index is 0.0683. The van der Waals surface area contributed by atoms with E-state index in [1.54, 1.807) is 0 Å². The van der Waals surface area contributed by atoms with Crippen LogP contribution in [-0.4, -0.2) is 36.0 Å². The second-order valence-electron chi connectivity index (χ2n) is 7.57. The highest BCUT2D eigenvalue weighted by molar-refractivity contribution is 5.82. The molecule has 2 atom stereocenters. The van der Waals surface area contributed by atoms with Gasteiger partial charge >= 0.3 is 0 Å². The van der Waals surface area contributed by atoms with E-state index < -0.39 is 0 Å². The van der Waals surface area contributed by atoms with Crippen LogP contribution in [0.3, 0.4) is 0 Å². The van der Waals surface area contributed by atoms with Gasteiger partial charge in [-0.25, -0.2) is 0 Å². The maximum Gasteiger partial charge on any atom is 0.237 e. The molecule has 1 aliphatic rings. The van der Waals surface area contributed by atoms with Gasteiger partial charge in [-0.3, -0.25) is 9.69 Å². The smallest absolute Gasteiger partial charge is 0.237 e. The lowest BCUT2D eigenvalue weighted by Gasteiger charge is -2.23. The molecule has 1 amide bonds. The zero-order chi connectivity index (χ0) is 19.2. The predicted molar refractivity (Wildman–Crippen MR) is 110 cm³/mol. The summed E-state index contributed by atoms with van der Waals surface area (Å²) >= 11 is 0. The third kappa shape index (κ3) is 5.18. The van der Waals surface area contributed by atoms with Crippen molar-refractivity contribution in [2.75, 3.05) is 13.1 Å². The maximum absolute atomic E-state index is 12.6. The Balaban J connectivity index is 1.66. The minimum Gasteiger partial charge on any atom is -0.355 e. The van der Waals surface area contributed by atoms with Crippen molar-refractivity contribution in [3.63, 3.8) is 0 Å². The molecule has 4 nitrogen and oxygen atoms in total. The summed E-state index contributed by atoms with van der Waals surface area (Å²) in [6.45, 7) is 9.49. The number of likely N-dealkylation sites (N-methyl/N-ethyl adjacent to an activating group) is 1. The van der Waals surface area contributed by atoms with Crippen LogP contribution in [0.5, 0.6) is 0 Å². The zero-order valence-electron chi connectivity index (χ0n) is 16.7. The Hall–Kier alpha value is -2.17. The topological polar surface area (TPSA) is 44.4 Å². The van der Waals surface area contributed by atoms with Gasteiger partial charge in [0.2, 0.25) is 5.91 Å². The molecule has 0 spiro atoms. The molecular weight excluding hydrogens is 334 g/mol. The van der Waals surface area contributed by atoms with Gasteiger partial charge in [-0.1, -0.05) is 54.1 Å². The summed E-state index contributed by atoms with van der Waals surface area (Å²) in [5.74, 6) is 0.143. The van der Waals surface area contributed by atoms with E-state index in [0.29, 0.717) is 12.6 Å². The monoisotopic (exact) mass is 365 g/mol. The first-order valence-corrected chi connectivity index (χ1v) is 9.92. The van der Waals surface area contributed by atoms with Gasteiger partial charge in [0.25, 0.3) is 0 Å². The lowest BCUT2D eigenvalue weighted by molar-refractivity contribution is -0.125. The Morgan fingerprint density at radius 2 is 1.93 bits per heavy atom. The van der Waals surface area contributed by atoms with E-state index in [2.05, 4.69) is 71.8 Å². The van der Waals surface area contributed by atoms with Gasteiger partial charge in [0.15, 0.2) is 0 Å². The number of benzene rings is 2. The van der Waals surface area contributed by atoms with Crippen molar-refractivity contribution in [3.05, 3.63) is 70.8 Å². The number of rotatable bonds is 7. The summed E-state index contributed by atoms with van der Waals surface area (Å²) in [4.78, 5) is 14.9. The Kier molecular flexibility index (Phi) is 6.64. The zero-order valence-corrected chi connectivity index (χ0v) is 16.7. The van der Waals surface area contributed by atoms with Crippen molar-refractivity contribution in [1.82, 2.24) is 15.5 Å². The molecule has 2 N–H and O–H groups in total. The molecule has 0 bridgehead atoms. The van der Waals surface area contributed by atoms with E-state index in [4.69, 9.17) is 0 Å². The Morgan fingerprint density at radius 1 is 1.15 bits per heavy atom. The standard InChI is InChI=1S/C23H31N3O/c1-4-24-23(27)22-13-21(16-26(22)15-19-8-6-5-7-9-19)25-14-20-12-17(2)10-11-18(20)3/h5-12,21-22,25H,4,13-16H2,1-3H3,(H,24,27)/t21-,22-/m0/s1. The third-order valence-corrected chi connectivity index (χ3v) is 5.37. The number of hydrogen-bond donors (Lipinski definition) is 2. The predicted octanol–water partition coefficient (Wildman–Crippen LogP) is 3.17. The van der Waals surface area contributed by atoms with E-state index in [0.717, 1.165) is 26.1 Å². The number of carbonyl (C=O) groups excluding carboxylic acids is 1. The molecule has 1 aliphatic heterocycles. The van der Waals surface area contributed by atoms with Gasteiger partial charge < -0.3 is 10.6 Å². The lowest BCUT2D eigenvalue weighted by Crippen LogP contribution is -2.42. The first kappa shape index (κ1) is 19.6. The molecule has 4 heteroatoms. The lowest BCUT2D eigenvalue weighted by atomic mass is 10.0. The van der Waals surface area contributed by atoms with E-state index in [-0.39, 0.29) is 11.9 Å². The molecule has 0 aliphatic carbocycles. The maximum atomic E-state index is 12.6. The van der Waals surface area contributed by atoms with Crippen LogP contribution in [-0.2, 0) is 17.9 Å². The number of amides is 1. The number of likely N-dealkylation sites (tertiary alicyclic amines) is 1. The number of carbonyl (C=O) groups is 1. The molecule has 0 radical (unpaired) electrons. The highest BCUT2D eigenvalue weighted by Gasteiger charge is 2.36. The van der Waals surface area contributed by atoms with E-state index in [1.165, 1.54) is 22.3 Å². The van der Waals surface area contributed by atoms with Gasteiger partial charge in [-0.15, -0.1) is 0 Å². The second-order valence-corrected chi connectivity index (χ2v) is 7.57. The molecule has 2 aromatic rings. The number of nitrogens with one attached hydrogen (secondary N) is 2. The average Bonchev–Trinajstić information content (AvgIpc) is 3.06. The van der Waals surface area contributed by atoms with Crippen molar-refractivity contribution >= 4 is 5.91 Å². The van der Waals surface area contributed by atoms with Crippen LogP contribution in [0.15, 0.2) is 48.5 Å². The highest BCUT2D eigenvalue weighted by Crippen LogP contribution is 2.22. The fourth-order valence-corrected chi connectivity index (χ4v) is 3.85. The Bertz CT molecular complexity index is 759. The Labute approximate surface area is 163 Å². The van der Waals surface area contributed by atoms with Crippen molar-refractivity contribution in [2.45, 2.75) is 52.4 Å². The van der Waals surface area contributed by atoms with E-state index >= 15 is 0 Å². The fourth-order valence-electron chi connectivity index (χ4n) is 3.85. The summed E-state index contributed by atoms with van der Waals surface area (Å²) in [6.07, 6.45) is 0.851. The fraction of sp³-hybridized carbons (Fsp3) is 0.435.